The highest BCUT2D eigenvalue weighted by Gasteiger charge is 2.36. The Morgan fingerprint density at radius 3 is 2.57 bits per heavy atom. The van der Waals surface area contributed by atoms with Crippen molar-refractivity contribution in [2.75, 3.05) is 39.5 Å². The number of rotatable bonds is 10. The summed E-state index contributed by atoms with van der Waals surface area (Å²) in [7, 11) is 2.35. The Kier molecular flexibility index (Phi) is 12.3. The molecule has 1 saturated heterocycles. The SMILES string of the molecule is O=C(NCC#CI)OC(COCCOCCN1C(=O)CC(P)C1=O)C(Cl)(Cl)Cl. The summed E-state index contributed by atoms with van der Waals surface area (Å²) in [6.45, 7) is 0.623. The summed E-state index contributed by atoms with van der Waals surface area (Å²) in [6, 6.07) is 0. The molecule has 0 aromatic heterocycles. The molecule has 0 aromatic rings. The Balaban J connectivity index is 2.23. The number of likely N-dealkylation sites (tertiary alicyclic amines) is 1. The van der Waals surface area contributed by atoms with Crippen molar-refractivity contribution in [2.24, 2.45) is 0 Å². The van der Waals surface area contributed by atoms with Gasteiger partial charge in [0, 0.05) is 29.0 Å². The van der Waals surface area contributed by atoms with Crippen molar-refractivity contribution < 1.29 is 28.6 Å². The van der Waals surface area contributed by atoms with Crippen LogP contribution in [-0.4, -0.2) is 77.9 Å². The number of nitrogens with one attached hydrogen (secondary N) is 1. The van der Waals surface area contributed by atoms with Crippen LogP contribution < -0.4 is 5.32 Å². The van der Waals surface area contributed by atoms with Crippen molar-refractivity contribution in [3.8, 4) is 9.85 Å². The Morgan fingerprint density at radius 2 is 2.00 bits per heavy atom. The zero-order valence-corrected chi connectivity index (χ0v) is 20.2. The average molecular weight is 588 g/mol. The fourth-order valence-electron chi connectivity index (χ4n) is 2.03. The van der Waals surface area contributed by atoms with Crippen LogP contribution in [0.5, 0.6) is 0 Å². The van der Waals surface area contributed by atoms with Gasteiger partial charge >= 0.3 is 6.09 Å². The molecule has 28 heavy (non-hydrogen) atoms. The van der Waals surface area contributed by atoms with E-state index in [9.17, 15) is 14.4 Å². The van der Waals surface area contributed by atoms with Crippen molar-refractivity contribution in [2.45, 2.75) is 22.0 Å². The zero-order valence-electron chi connectivity index (χ0n) is 14.6. The molecule has 0 radical (unpaired) electrons. The first-order valence-corrected chi connectivity index (χ1v) is 10.9. The van der Waals surface area contributed by atoms with E-state index in [0.717, 1.165) is 0 Å². The van der Waals surface area contributed by atoms with Gasteiger partial charge in [-0.05, 0) is 3.93 Å². The highest BCUT2D eigenvalue weighted by molar-refractivity contribution is 14.1. The number of alkyl halides is 3. The van der Waals surface area contributed by atoms with Gasteiger partial charge < -0.3 is 19.5 Å². The van der Waals surface area contributed by atoms with Crippen molar-refractivity contribution in [1.82, 2.24) is 10.2 Å². The molecular weight excluding hydrogens is 568 g/mol. The first-order chi connectivity index (χ1) is 13.2. The second-order valence-electron chi connectivity index (χ2n) is 5.44. The molecule has 0 aliphatic carbocycles. The number of ether oxygens (including phenoxy) is 3. The summed E-state index contributed by atoms with van der Waals surface area (Å²) in [4.78, 5) is 36.2. The number of alkyl carbamates (subject to hydrolysis) is 1. The number of halogens is 4. The van der Waals surface area contributed by atoms with E-state index in [0.29, 0.717) is 0 Å². The van der Waals surface area contributed by atoms with Gasteiger partial charge in [-0.2, -0.15) is 0 Å². The average Bonchev–Trinajstić information content (AvgIpc) is 2.85. The molecule has 1 rings (SSSR count). The van der Waals surface area contributed by atoms with Gasteiger partial charge in [-0.1, -0.05) is 40.7 Å². The minimum absolute atomic E-state index is 0.0997. The third-order valence-electron chi connectivity index (χ3n) is 3.38. The summed E-state index contributed by atoms with van der Waals surface area (Å²) >= 11 is 19.2. The van der Waals surface area contributed by atoms with E-state index in [2.05, 4.69) is 24.4 Å². The minimum Gasteiger partial charge on any atom is -0.439 e. The van der Waals surface area contributed by atoms with Gasteiger partial charge in [-0.15, -0.1) is 9.24 Å². The first-order valence-electron chi connectivity index (χ1n) is 8.01. The fraction of sp³-hybridized carbons (Fsp3) is 0.667. The van der Waals surface area contributed by atoms with E-state index >= 15 is 0 Å². The number of nitrogens with zero attached hydrogens (tertiary/aromatic N) is 1. The number of carbonyl (C=O) groups is 3. The quantitative estimate of drug-likeness (QED) is 0.105. The van der Waals surface area contributed by atoms with Gasteiger partial charge in [0.1, 0.15) is 0 Å². The molecule has 1 fully saturated rings. The van der Waals surface area contributed by atoms with Gasteiger partial charge in [-0.3, -0.25) is 14.5 Å². The molecule has 3 amide bonds. The molecule has 0 bridgehead atoms. The van der Waals surface area contributed by atoms with Crippen LogP contribution in [-0.2, 0) is 23.8 Å². The Hall–Kier alpha value is -0.0800. The van der Waals surface area contributed by atoms with Gasteiger partial charge in [0.15, 0.2) is 6.10 Å². The first kappa shape index (κ1) is 26.0. The van der Waals surface area contributed by atoms with Crippen LogP contribution in [0.15, 0.2) is 0 Å². The van der Waals surface area contributed by atoms with Crippen molar-refractivity contribution in [3.05, 3.63) is 0 Å². The smallest absolute Gasteiger partial charge is 0.408 e. The second kappa shape index (κ2) is 13.3. The summed E-state index contributed by atoms with van der Waals surface area (Å²) < 4.78 is 16.4. The molecular formula is C15H19Cl3IN2O6P. The highest BCUT2D eigenvalue weighted by Crippen LogP contribution is 2.32. The molecule has 158 valence electrons. The number of hydrogen-bond donors (Lipinski definition) is 1. The van der Waals surface area contributed by atoms with E-state index in [4.69, 9.17) is 49.0 Å². The molecule has 3 unspecified atom stereocenters. The standard InChI is InChI=1S/C15H19Cl3IN2O6P/c16-15(17,18)11(27-14(24)20-3-1-2-19)9-26-7-6-25-5-4-21-12(22)8-10(28)13(21)23/h10-11H,3-9,28H2,(H,20,24). The number of hydrogen-bond acceptors (Lipinski definition) is 6. The van der Waals surface area contributed by atoms with Crippen LogP contribution >= 0.6 is 66.6 Å². The van der Waals surface area contributed by atoms with E-state index < -0.39 is 16.0 Å². The van der Waals surface area contributed by atoms with Gasteiger partial charge in [0.2, 0.25) is 15.6 Å². The topological polar surface area (TPSA) is 94.2 Å². The summed E-state index contributed by atoms with van der Waals surface area (Å²) in [5.74, 6) is 2.19. The summed E-state index contributed by atoms with van der Waals surface area (Å²) in [6.07, 6.45) is -1.73. The molecule has 8 nitrogen and oxygen atoms in total. The lowest BCUT2D eigenvalue weighted by atomic mass is 10.4. The summed E-state index contributed by atoms with van der Waals surface area (Å²) in [5, 5.41) is 2.38. The third kappa shape index (κ3) is 9.61. The van der Waals surface area contributed by atoms with E-state index in [1.807, 2.05) is 22.6 Å². The molecule has 0 aromatic carbocycles. The predicted octanol–water partition coefficient (Wildman–Crippen LogP) is 1.88. The third-order valence-corrected chi connectivity index (χ3v) is 5.01. The lowest BCUT2D eigenvalue weighted by Gasteiger charge is -2.24. The monoisotopic (exact) mass is 586 g/mol. The van der Waals surface area contributed by atoms with Crippen LogP contribution in [0, 0.1) is 9.85 Å². The predicted molar refractivity (Wildman–Crippen MR) is 117 cm³/mol. The van der Waals surface area contributed by atoms with Crippen LogP contribution in [0.1, 0.15) is 6.42 Å². The van der Waals surface area contributed by atoms with Crippen LogP contribution in [0.3, 0.4) is 0 Å². The maximum Gasteiger partial charge on any atom is 0.408 e. The fourth-order valence-corrected chi connectivity index (χ4v) is 2.92. The van der Waals surface area contributed by atoms with Gasteiger partial charge in [0.05, 0.1) is 45.2 Å². The number of amides is 3. The lowest BCUT2D eigenvalue weighted by molar-refractivity contribution is -0.139. The molecule has 1 heterocycles. The molecule has 0 spiro atoms. The normalized spacial score (nSPS) is 17.9. The second-order valence-corrected chi connectivity index (χ2v) is 9.15. The maximum absolute atomic E-state index is 11.7. The number of imide groups is 1. The van der Waals surface area contributed by atoms with Gasteiger partial charge in [0.25, 0.3) is 0 Å². The molecule has 13 heteroatoms. The Bertz CT molecular complexity index is 625. The van der Waals surface area contributed by atoms with Crippen LogP contribution in [0.25, 0.3) is 0 Å². The largest absolute Gasteiger partial charge is 0.439 e. The minimum atomic E-state index is -1.88. The van der Waals surface area contributed by atoms with Crippen molar-refractivity contribution in [1.29, 1.82) is 0 Å². The van der Waals surface area contributed by atoms with Crippen molar-refractivity contribution >= 4 is 84.5 Å². The number of carbonyl (C=O) groups excluding carboxylic acids is 3. The molecule has 3 atom stereocenters. The van der Waals surface area contributed by atoms with Gasteiger partial charge in [-0.25, -0.2) is 4.79 Å². The maximum atomic E-state index is 11.7. The van der Waals surface area contributed by atoms with E-state index in [1.54, 1.807) is 0 Å². The molecule has 1 N–H and O–H groups in total. The van der Waals surface area contributed by atoms with E-state index in [1.165, 1.54) is 4.90 Å². The molecule has 0 saturated carbocycles. The Morgan fingerprint density at radius 1 is 1.32 bits per heavy atom. The zero-order chi connectivity index (χ0) is 21.2. The lowest BCUT2D eigenvalue weighted by Crippen LogP contribution is -2.39. The Labute approximate surface area is 193 Å². The molecule has 1 aliphatic rings. The summed E-state index contributed by atoms with van der Waals surface area (Å²) in [5.41, 5.74) is -0.361. The van der Waals surface area contributed by atoms with Crippen LogP contribution in [0.2, 0.25) is 0 Å². The molecule has 1 aliphatic heterocycles. The van der Waals surface area contributed by atoms with E-state index in [-0.39, 0.29) is 63.4 Å². The van der Waals surface area contributed by atoms with Crippen LogP contribution in [0.4, 0.5) is 4.79 Å². The highest BCUT2D eigenvalue weighted by atomic mass is 127. The van der Waals surface area contributed by atoms with Crippen molar-refractivity contribution in [3.63, 3.8) is 0 Å².